The molecule has 18 nitrogen and oxygen atoms in total. The number of hydrogen-bond donors (Lipinski definition) is 10. The molecule has 18 heteroatoms. The number of aliphatic carboxylic acids is 2. The summed E-state index contributed by atoms with van der Waals surface area (Å²) in [6.07, 6.45) is -16.8. The first-order valence-electron chi connectivity index (χ1n) is 24.5. The average Bonchev–Trinajstić information content (AvgIpc) is 3.25. The molecule has 23 unspecified atom stereocenters. The van der Waals surface area contributed by atoms with E-state index < -0.39 is 128 Å². The Bertz CT molecular complexity index is 1910. The fourth-order valence-corrected chi connectivity index (χ4v) is 15.4. The Labute approximate surface area is 392 Å². The summed E-state index contributed by atoms with van der Waals surface area (Å²) in [6.45, 7) is 19.0. The molecule has 0 aromatic rings. The van der Waals surface area contributed by atoms with E-state index in [4.69, 9.17) is 28.4 Å². The van der Waals surface area contributed by atoms with Gasteiger partial charge >= 0.3 is 11.9 Å². The Morgan fingerprint density at radius 3 is 1.90 bits per heavy atom. The number of carboxylic acid groups (broad SMARTS) is 2. The monoisotopic (exact) mass is 955 g/mol. The quantitative estimate of drug-likeness (QED) is 0.117. The van der Waals surface area contributed by atoms with E-state index in [1.54, 1.807) is 0 Å². The second-order valence-electron chi connectivity index (χ2n) is 24.1. The standard InChI is InChI=1S/C49H78O18/c1-22-28(51)30(53)32(55)39(62-22)65-35-34(57)36(38(58)59)66-41(37(35)67-40-33(56)31(54)29(52)25(21-50)63-40)64-27-12-13-46(7)26(44(27,4)5)11-15-47(8)45(6)17-19-49(42(60)61)18-16-43(2,3)20-24(49)23(45)10-14-48(46,47)9/h10,22,24-37,39-41,50-57H,11-21H2,1-9H3,(H,58,59)(H,60,61). The lowest BCUT2D eigenvalue weighted by Gasteiger charge is -2.75. The number of carbonyl (C=O) groups is 2. The molecule has 0 aromatic heterocycles. The van der Waals surface area contributed by atoms with Gasteiger partial charge in [0.15, 0.2) is 25.0 Å². The predicted octanol–water partition coefficient (Wildman–Crippen LogP) is 2.22. The van der Waals surface area contributed by atoms with E-state index in [0.29, 0.717) is 25.7 Å². The van der Waals surface area contributed by atoms with Gasteiger partial charge < -0.3 is 79.5 Å². The number of carboxylic acids is 2. The average molecular weight is 955 g/mol. The zero-order valence-corrected chi connectivity index (χ0v) is 40.5. The number of hydrogen-bond acceptors (Lipinski definition) is 16. The first-order chi connectivity index (χ1) is 31.1. The minimum Gasteiger partial charge on any atom is -0.481 e. The van der Waals surface area contributed by atoms with Crippen LogP contribution in [0.4, 0.5) is 0 Å². The Kier molecular flexibility index (Phi) is 13.4. The highest BCUT2D eigenvalue weighted by atomic mass is 16.8. The van der Waals surface area contributed by atoms with Crippen molar-refractivity contribution in [1.82, 2.24) is 0 Å². The third kappa shape index (κ3) is 7.63. The second kappa shape index (κ2) is 17.4. The molecule has 0 spiro atoms. The van der Waals surface area contributed by atoms with Gasteiger partial charge in [-0.2, -0.15) is 0 Å². The van der Waals surface area contributed by atoms with E-state index in [9.17, 15) is 60.7 Å². The van der Waals surface area contributed by atoms with Crippen LogP contribution in [0.3, 0.4) is 0 Å². The number of aliphatic hydroxyl groups excluding tert-OH is 8. The zero-order valence-electron chi connectivity index (χ0n) is 40.5. The number of rotatable bonds is 9. The molecule has 10 N–H and O–H groups in total. The van der Waals surface area contributed by atoms with Crippen LogP contribution in [-0.4, -0.2) is 168 Å². The number of aliphatic hydroxyl groups is 8. The molecule has 5 aliphatic carbocycles. The van der Waals surface area contributed by atoms with Gasteiger partial charge in [0.1, 0.15) is 61.0 Å². The zero-order chi connectivity index (χ0) is 49.4. The van der Waals surface area contributed by atoms with E-state index in [2.05, 4.69) is 61.5 Å². The first-order valence-corrected chi connectivity index (χ1v) is 24.5. The molecule has 67 heavy (non-hydrogen) atoms. The lowest BCUT2D eigenvalue weighted by atomic mass is 9.29. The summed E-state index contributed by atoms with van der Waals surface area (Å²) in [5.74, 6) is -2.26. The Morgan fingerprint density at radius 2 is 1.27 bits per heavy atom. The van der Waals surface area contributed by atoms with Crippen molar-refractivity contribution in [2.24, 2.45) is 49.7 Å². The SMILES string of the molecule is CC1OC(OC2C(O)C(C(=O)O)OC(OC3CCC4(C)C(CCC5(C)C6(C)CCC7(C(=O)O)CCC(C)(C)CC7C6=CCC45C)C3(C)C)C2OC2OC(CO)C(O)C(O)C2O)C(O)C(O)C1O. The number of allylic oxidation sites excluding steroid dienone is 2. The lowest BCUT2D eigenvalue weighted by molar-refractivity contribution is -0.395. The molecule has 8 rings (SSSR count). The number of ether oxygens (including phenoxy) is 6. The molecule has 0 amide bonds. The molecular formula is C49H78O18. The summed E-state index contributed by atoms with van der Waals surface area (Å²) in [6, 6.07) is 0. The van der Waals surface area contributed by atoms with Crippen LogP contribution in [0.1, 0.15) is 127 Å². The Balaban J connectivity index is 1.12. The van der Waals surface area contributed by atoms with Crippen LogP contribution in [-0.2, 0) is 38.0 Å². The van der Waals surface area contributed by atoms with Crippen LogP contribution in [0, 0.1) is 49.7 Å². The van der Waals surface area contributed by atoms with Gasteiger partial charge in [0, 0.05) is 0 Å². The normalized spacial score (nSPS) is 53.8. The van der Waals surface area contributed by atoms with Crippen molar-refractivity contribution < 1.29 is 89.1 Å². The summed E-state index contributed by atoms with van der Waals surface area (Å²) in [4.78, 5) is 26.1. The molecule has 8 aliphatic rings. The van der Waals surface area contributed by atoms with Gasteiger partial charge in [0.2, 0.25) is 0 Å². The van der Waals surface area contributed by atoms with E-state index in [0.717, 1.165) is 38.5 Å². The molecule has 3 aliphatic heterocycles. The Morgan fingerprint density at radius 1 is 0.657 bits per heavy atom. The van der Waals surface area contributed by atoms with Crippen molar-refractivity contribution in [3.8, 4) is 0 Å². The molecule has 7 fully saturated rings. The van der Waals surface area contributed by atoms with Crippen LogP contribution in [0.2, 0.25) is 0 Å². The van der Waals surface area contributed by atoms with Crippen molar-refractivity contribution in [3.05, 3.63) is 11.6 Å². The van der Waals surface area contributed by atoms with Crippen molar-refractivity contribution >= 4 is 11.9 Å². The van der Waals surface area contributed by atoms with E-state index in [-0.39, 0.29) is 38.9 Å². The molecule has 23 atom stereocenters. The van der Waals surface area contributed by atoms with Crippen LogP contribution in [0.15, 0.2) is 11.6 Å². The molecule has 382 valence electrons. The van der Waals surface area contributed by atoms with Gasteiger partial charge in [0.05, 0.1) is 24.2 Å². The van der Waals surface area contributed by atoms with Crippen molar-refractivity contribution in [2.45, 2.75) is 225 Å². The van der Waals surface area contributed by atoms with Gasteiger partial charge in [-0.25, -0.2) is 4.79 Å². The summed E-state index contributed by atoms with van der Waals surface area (Å²) >= 11 is 0. The maximum Gasteiger partial charge on any atom is 0.335 e. The molecule has 3 heterocycles. The van der Waals surface area contributed by atoms with E-state index in [1.807, 2.05) is 0 Å². The van der Waals surface area contributed by atoms with E-state index in [1.165, 1.54) is 12.5 Å². The highest BCUT2D eigenvalue weighted by molar-refractivity contribution is 5.76. The van der Waals surface area contributed by atoms with Gasteiger partial charge in [-0.1, -0.05) is 67.0 Å². The fraction of sp³-hybridized carbons (Fsp3) is 0.918. The largest absolute Gasteiger partial charge is 0.481 e. The van der Waals surface area contributed by atoms with Crippen molar-refractivity contribution in [1.29, 1.82) is 0 Å². The highest BCUT2D eigenvalue weighted by Gasteiger charge is 2.74. The summed E-state index contributed by atoms with van der Waals surface area (Å²) in [5, 5.41) is 107. The van der Waals surface area contributed by atoms with Crippen molar-refractivity contribution in [3.63, 3.8) is 0 Å². The van der Waals surface area contributed by atoms with Gasteiger partial charge in [0.25, 0.3) is 0 Å². The van der Waals surface area contributed by atoms with Crippen LogP contribution in [0.5, 0.6) is 0 Å². The smallest absolute Gasteiger partial charge is 0.335 e. The minimum atomic E-state index is -2.06. The maximum absolute atomic E-state index is 13.2. The molecular weight excluding hydrogens is 877 g/mol. The maximum atomic E-state index is 13.2. The van der Waals surface area contributed by atoms with Gasteiger partial charge in [-0.15, -0.1) is 0 Å². The van der Waals surface area contributed by atoms with Gasteiger partial charge in [-0.3, -0.25) is 4.79 Å². The molecule has 0 aromatic carbocycles. The van der Waals surface area contributed by atoms with Crippen LogP contribution >= 0.6 is 0 Å². The summed E-state index contributed by atoms with van der Waals surface area (Å²) in [7, 11) is 0. The molecule has 0 radical (unpaired) electrons. The van der Waals surface area contributed by atoms with Crippen molar-refractivity contribution in [2.75, 3.05) is 6.61 Å². The van der Waals surface area contributed by atoms with Gasteiger partial charge in [-0.05, 0) is 115 Å². The van der Waals surface area contributed by atoms with Crippen LogP contribution in [0.25, 0.3) is 0 Å². The topological polar surface area (TPSA) is 292 Å². The molecule has 3 saturated heterocycles. The third-order valence-corrected chi connectivity index (χ3v) is 20.3. The van der Waals surface area contributed by atoms with Crippen LogP contribution < -0.4 is 0 Å². The summed E-state index contributed by atoms with van der Waals surface area (Å²) in [5.41, 5.74) is -0.960. The second-order valence-corrected chi connectivity index (χ2v) is 24.1. The highest BCUT2D eigenvalue weighted by Crippen LogP contribution is 2.80. The lowest BCUT2D eigenvalue weighted by Crippen LogP contribution is -2.70. The Hall–Kier alpha value is -1.88. The molecule has 4 saturated carbocycles. The van der Waals surface area contributed by atoms with E-state index >= 15 is 0 Å². The molecule has 0 bridgehead atoms. The summed E-state index contributed by atoms with van der Waals surface area (Å²) < 4.78 is 36.8. The fourth-order valence-electron chi connectivity index (χ4n) is 15.4. The minimum absolute atomic E-state index is 0.0294. The predicted molar refractivity (Wildman–Crippen MR) is 234 cm³/mol. The third-order valence-electron chi connectivity index (χ3n) is 20.3. The number of fused-ring (bicyclic) bond motifs is 7. The first kappa shape index (κ1) is 51.5.